The van der Waals surface area contributed by atoms with Gasteiger partial charge in [-0.05, 0) is 94.9 Å². The van der Waals surface area contributed by atoms with Gasteiger partial charge in [0.05, 0.1) is 0 Å². The molecule has 0 aromatic heterocycles. The Balaban J connectivity index is 0.00000437. The quantitative estimate of drug-likeness (QED) is 0.0233. The zero-order valence-electron chi connectivity index (χ0n) is 40.7. The highest BCUT2D eigenvalue weighted by Gasteiger charge is 2.32. The van der Waals surface area contributed by atoms with Gasteiger partial charge >= 0.3 is 0 Å². The van der Waals surface area contributed by atoms with Crippen molar-refractivity contribution in [3.8, 4) is 67.9 Å². The molecule has 0 bridgehead atoms. The van der Waals surface area contributed by atoms with E-state index in [4.69, 9.17) is 28.4 Å². The van der Waals surface area contributed by atoms with Gasteiger partial charge < -0.3 is 37.5 Å². The Morgan fingerprint density at radius 3 is 0.744 bits per heavy atom. The summed E-state index contributed by atoms with van der Waals surface area (Å²) in [6.07, 6.45) is 0. The van der Waals surface area contributed by atoms with Crippen molar-refractivity contribution in [3.05, 3.63) is 189 Å². The maximum atomic E-state index is 14.4. The minimum Gasteiger partial charge on any atom is -0.744 e. The lowest BCUT2D eigenvalue weighted by molar-refractivity contribution is 0.199. The smallest absolute Gasteiger partial charge is 0.205 e. The van der Waals surface area contributed by atoms with Crippen LogP contribution in [0.4, 0.5) is 52.7 Å². The van der Waals surface area contributed by atoms with Crippen LogP contribution in [0.5, 0.6) is 34.5 Å². The Hall–Kier alpha value is -8.07. The zero-order valence-corrected chi connectivity index (χ0v) is 42.3. The Morgan fingerprint density at radius 2 is 0.526 bits per heavy atom. The van der Waals surface area contributed by atoms with Crippen molar-refractivity contribution in [2.45, 2.75) is 16.7 Å². The lowest BCUT2D eigenvalue weighted by Gasteiger charge is -2.15. The highest BCUT2D eigenvalue weighted by Crippen LogP contribution is 2.37. The average molecular weight is 1150 g/mol. The molecule has 0 aliphatic rings. The van der Waals surface area contributed by atoms with Gasteiger partial charge in [-0.2, -0.15) is 26.3 Å². The molecular weight excluding hydrogens is 1110 g/mol. The van der Waals surface area contributed by atoms with Crippen LogP contribution < -0.4 is 28.4 Å². The molecule has 26 heteroatoms. The van der Waals surface area contributed by atoms with Crippen LogP contribution >= 0.6 is 0 Å². The van der Waals surface area contributed by atoms with E-state index in [0.29, 0.717) is 33.4 Å². The van der Waals surface area contributed by atoms with E-state index in [1.54, 1.807) is 66.7 Å². The van der Waals surface area contributed by atoms with Gasteiger partial charge in [0.2, 0.25) is 34.9 Å². The lowest BCUT2D eigenvalue weighted by atomic mass is 9.93. The molecule has 0 fully saturated rings. The minimum absolute atomic E-state index is 0. The van der Waals surface area contributed by atoms with Gasteiger partial charge in [-0.15, -0.1) is 0 Å². The molecule has 0 aliphatic carbocycles. The summed E-state index contributed by atoms with van der Waals surface area (Å²) < 4.78 is 268. The average Bonchev–Trinajstić information content (AvgIpc) is 3.39. The van der Waals surface area contributed by atoms with Crippen molar-refractivity contribution in [2.24, 2.45) is 0 Å². The molecule has 0 atom stereocenters. The van der Waals surface area contributed by atoms with E-state index >= 15 is 0 Å². The first-order valence-electron chi connectivity index (χ1n) is 21.1. The van der Waals surface area contributed by atoms with E-state index in [0.717, 1.165) is 6.92 Å². The molecular formula is C52H39F12O12S2+. The fraction of sp³-hybridized carbons (Fsp3) is 0.135. The maximum absolute atomic E-state index is 14.4. The third kappa shape index (κ3) is 13.4. The van der Waals surface area contributed by atoms with Crippen molar-refractivity contribution < 1.29 is 107 Å². The summed E-state index contributed by atoms with van der Waals surface area (Å²) in [5.41, 5.74) is 2.74. The van der Waals surface area contributed by atoms with E-state index in [1.807, 2.05) is 0 Å². The van der Waals surface area contributed by atoms with Crippen molar-refractivity contribution in [2.75, 3.05) is 39.6 Å². The molecule has 0 unspecified atom stereocenters. The van der Waals surface area contributed by atoms with Gasteiger partial charge in [-0.3, -0.25) is 0 Å². The van der Waals surface area contributed by atoms with Gasteiger partial charge in [0, 0.05) is 27.8 Å². The van der Waals surface area contributed by atoms with Crippen molar-refractivity contribution in [3.63, 3.8) is 0 Å². The van der Waals surface area contributed by atoms with Gasteiger partial charge in [-0.25, -0.2) is 43.2 Å². The van der Waals surface area contributed by atoms with Gasteiger partial charge in [0.1, 0.15) is 86.9 Å². The van der Waals surface area contributed by atoms with Gasteiger partial charge in [0.25, 0.3) is 0 Å². The van der Waals surface area contributed by atoms with Crippen LogP contribution in [-0.4, -0.2) is 65.6 Å². The van der Waals surface area contributed by atoms with Crippen LogP contribution in [0, 0.1) is 99.0 Å². The van der Waals surface area contributed by atoms with E-state index in [2.05, 4.69) is 0 Å². The van der Waals surface area contributed by atoms with Crippen LogP contribution in [0.1, 0.15) is 5.56 Å². The summed E-state index contributed by atoms with van der Waals surface area (Å²) in [6, 6.07) is 24.1. The zero-order chi connectivity index (χ0) is 54.7. The Kier molecular flexibility index (Phi) is 20.3. The van der Waals surface area contributed by atoms with Crippen LogP contribution in [0.3, 0.4) is 0 Å². The molecule has 7 aromatic rings. The second-order valence-electron chi connectivity index (χ2n) is 15.4. The number of rotatable bonds is 20. The number of benzene rings is 7. The topological polar surface area (TPSA) is 170 Å². The van der Waals surface area contributed by atoms with Crippen molar-refractivity contribution in [1.29, 1.82) is 0 Å². The van der Waals surface area contributed by atoms with Crippen LogP contribution in [0.15, 0.2) is 101 Å². The summed E-state index contributed by atoms with van der Waals surface area (Å²) in [4.78, 5) is -4.70. The van der Waals surface area contributed by atoms with Gasteiger partial charge in [0.15, 0.2) is 52.2 Å². The first-order valence-corrected chi connectivity index (χ1v) is 23.9. The second kappa shape index (κ2) is 25.4. The molecule has 414 valence electrons. The third-order valence-electron chi connectivity index (χ3n) is 10.6. The largest absolute Gasteiger partial charge is 0.744 e. The fourth-order valence-electron chi connectivity index (χ4n) is 6.99. The normalized spacial score (nSPS) is 11.2. The predicted molar refractivity (Wildman–Crippen MR) is 254 cm³/mol. The van der Waals surface area contributed by atoms with Crippen LogP contribution in [0.25, 0.3) is 33.4 Å². The van der Waals surface area contributed by atoms with Gasteiger partial charge in [-0.1, -0.05) is 36.4 Å². The number of ether oxygens (including phenoxy) is 6. The molecule has 0 aliphatic heterocycles. The highest BCUT2D eigenvalue weighted by atomic mass is 32.2. The van der Waals surface area contributed by atoms with E-state index in [1.165, 1.54) is 24.3 Å². The predicted octanol–water partition coefficient (Wildman–Crippen LogP) is 12.2. The molecule has 0 radical (unpaired) electrons. The molecule has 7 aromatic carbocycles. The van der Waals surface area contributed by atoms with Crippen LogP contribution in [0.2, 0.25) is 0 Å². The third-order valence-corrected chi connectivity index (χ3v) is 12.3. The molecule has 0 spiro atoms. The molecule has 0 saturated carbocycles. The maximum Gasteiger partial charge on any atom is 0.205 e. The van der Waals surface area contributed by atoms with Crippen LogP contribution in [-0.2, 0) is 20.2 Å². The van der Waals surface area contributed by atoms with E-state index < -0.39 is 156 Å². The summed E-state index contributed by atoms with van der Waals surface area (Å²) in [6.45, 7) is -2.32. The standard InChI is InChI=1S/C49H32F12O12S2.3CH3/c1-23-33(50)35(52)45(36(53)34(23)51)71-17-14-68-30-8-2-24(3-9-30)27-20-28(25-4-10-31(11-5-25)69-15-18-72-46-37(54)41(58)48(74(62,63)64)42(59)38(46)55)22-29(21-27)26-6-12-32(13-7-26)70-16-19-73-47-39(56)43(60)49(75(65,66)67)44(61)40(47)57;;;/h2-13,20-22H,14-19H2,1H3,(H,62,63,64)(H,65,66,67);3*1H3/q;3*+1/p-2. The minimum atomic E-state index is -5.94. The molecule has 0 amide bonds. The molecule has 0 N–H and O–H groups in total. The molecule has 0 heterocycles. The first-order chi connectivity index (χ1) is 35.4. The summed E-state index contributed by atoms with van der Waals surface area (Å²) in [7, 11) is -11.9. The Morgan fingerprint density at radius 1 is 0.321 bits per heavy atom. The molecule has 0 saturated heterocycles. The van der Waals surface area contributed by atoms with E-state index in [9.17, 15) is 78.6 Å². The highest BCUT2D eigenvalue weighted by molar-refractivity contribution is 7.86. The number of hydrogen-bond acceptors (Lipinski definition) is 12. The number of halogens is 12. The summed E-state index contributed by atoms with van der Waals surface area (Å²) >= 11 is 0. The first kappa shape index (κ1) is 62.5. The Labute approximate surface area is 438 Å². The molecule has 78 heavy (non-hydrogen) atoms. The molecule has 7 rings (SSSR count). The SMILES string of the molecule is Cc1c(F)c(F)c(OCCOc2ccc(-c3cc(-c4ccc(OCCOc5c(F)c(F)c(S(=O)(=O)[O-])c(F)c5F)cc4)cc(-c4ccc(OCCOc5c(F)c(F)c(S(=O)(=O)[O-])c(F)c5F)cc4)c3)cc2)c(F)c1F.[CH3+].[CH3+].[CH3+]. The van der Waals surface area contributed by atoms with Crippen molar-refractivity contribution in [1.82, 2.24) is 0 Å². The Bertz CT molecular complexity index is 3280. The lowest BCUT2D eigenvalue weighted by Crippen LogP contribution is -2.15. The fourth-order valence-corrected chi connectivity index (χ4v) is 8.23. The van der Waals surface area contributed by atoms with Crippen molar-refractivity contribution >= 4 is 20.2 Å². The summed E-state index contributed by atoms with van der Waals surface area (Å²) in [5, 5.41) is 0. The molecule has 12 nitrogen and oxygen atoms in total. The second-order valence-corrected chi connectivity index (χ2v) is 18.0. The van der Waals surface area contributed by atoms with E-state index in [-0.39, 0.29) is 46.1 Å². The summed E-state index contributed by atoms with van der Waals surface area (Å²) in [5.74, 6) is -29.5. The monoisotopic (exact) mass is 1150 g/mol. The number of hydrogen-bond donors (Lipinski definition) is 0.